The summed E-state index contributed by atoms with van der Waals surface area (Å²) in [6, 6.07) is 8.98. The van der Waals surface area contributed by atoms with Crippen LogP contribution in [0.3, 0.4) is 0 Å². The first kappa shape index (κ1) is 29.9. The lowest BCUT2D eigenvalue weighted by molar-refractivity contribution is -0.121. The number of carbonyl (C=O) groups excluding carboxylic acids is 2. The third-order valence-electron chi connectivity index (χ3n) is 3.94. The number of benzene rings is 1. The number of nitrogens with two attached hydrogens (primary N) is 1. The van der Waals surface area contributed by atoms with Gasteiger partial charge in [-0.1, -0.05) is 65.0 Å². The molecule has 0 aliphatic rings. The van der Waals surface area contributed by atoms with Crippen molar-refractivity contribution in [3.8, 4) is 0 Å². The van der Waals surface area contributed by atoms with Gasteiger partial charge < -0.3 is 25.8 Å². The van der Waals surface area contributed by atoms with E-state index in [1.54, 1.807) is 20.8 Å². The van der Waals surface area contributed by atoms with Gasteiger partial charge in [-0.2, -0.15) is 0 Å². The van der Waals surface area contributed by atoms with Gasteiger partial charge in [0.2, 0.25) is 5.91 Å². The lowest BCUT2D eigenvalue weighted by atomic mass is 10.0. The van der Waals surface area contributed by atoms with E-state index in [0.717, 1.165) is 11.5 Å². The molecule has 32 heavy (non-hydrogen) atoms. The van der Waals surface area contributed by atoms with Crippen LogP contribution < -0.4 is 11.1 Å². The molecule has 7 heteroatoms. The average Bonchev–Trinajstić information content (AvgIpc) is 2.65. The largest absolute Gasteiger partial charge is 0.444 e. The zero-order valence-electron chi connectivity index (χ0n) is 21.2. The normalized spacial score (nSPS) is 13.1. The zero-order chi connectivity index (χ0) is 24.9. The van der Waals surface area contributed by atoms with E-state index in [0.29, 0.717) is 13.0 Å². The number of aliphatic hydroxyl groups is 1. The summed E-state index contributed by atoms with van der Waals surface area (Å²) in [6.45, 7) is 16.2. The molecule has 184 valence electrons. The van der Waals surface area contributed by atoms with E-state index >= 15 is 0 Å². The Morgan fingerprint density at radius 3 is 2.03 bits per heavy atom. The molecule has 0 spiro atoms. The maximum Gasteiger partial charge on any atom is 0.410 e. The molecule has 2 amide bonds. The van der Waals surface area contributed by atoms with E-state index in [1.807, 2.05) is 44.2 Å². The van der Waals surface area contributed by atoms with Crippen LogP contribution in [-0.4, -0.2) is 59.4 Å². The quantitative estimate of drug-likeness (QED) is 0.532. The first-order chi connectivity index (χ1) is 14.7. The van der Waals surface area contributed by atoms with E-state index in [4.69, 9.17) is 10.5 Å². The van der Waals surface area contributed by atoms with Crippen LogP contribution in [0.2, 0.25) is 0 Å². The third-order valence-corrected chi connectivity index (χ3v) is 3.94. The summed E-state index contributed by atoms with van der Waals surface area (Å²) in [5.41, 5.74) is 5.76. The zero-order valence-corrected chi connectivity index (χ0v) is 21.2. The van der Waals surface area contributed by atoms with Gasteiger partial charge in [0.05, 0.1) is 25.2 Å². The highest BCUT2D eigenvalue weighted by atomic mass is 16.6. The number of hydrogen-bond donors (Lipinski definition) is 3. The second-order valence-corrected chi connectivity index (χ2v) is 10.1. The summed E-state index contributed by atoms with van der Waals surface area (Å²) in [7, 11) is 0. The molecule has 0 saturated heterocycles. The van der Waals surface area contributed by atoms with Crippen molar-refractivity contribution in [3.63, 3.8) is 0 Å². The van der Waals surface area contributed by atoms with Gasteiger partial charge in [-0.15, -0.1) is 0 Å². The minimum absolute atomic E-state index is 0.0510. The minimum atomic E-state index is -0.970. The fourth-order valence-electron chi connectivity index (χ4n) is 2.76. The Kier molecular flexibility index (Phi) is 13.9. The van der Waals surface area contributed by atoms with E-state index in [-0.39, 0.29) is 24.9 Å². The molecule has 0 heterocycles. The van der Waals surface area contributed by atoms with Gasteiger partial charge in [-0.05, 0) is 44.6 Å². The van der Waals surface area contributed by atoms with Gasteiger partial charge in [0.1, 0.15) is 5.60 Å². The number of amides is 2. The van der Waals surface area contributed by atoms with E-state index < -0.39 is 23.8 Å². The number of rotatable bonds is 9. The molecule has 0 bridgehead atoms. The smallest absolute Gasteiger partial charge is 0.410 e. The third kappa shape index (κ3) is 14.8. The minimum Gasteiger partial charge on any atom is -0.444 e. The van der Waals surface area contributed by atoms with E-state index in [2.05, 4.69) is 26.1 Å². The highest BCUT2D eigenvalue weighted by Crippen LogP contribution is 2.14. The van der Waals surface area contributed by atoms with Crippen LogP contribution in [0.1, 0.15) is 61.0 Å². The van der Waals surface area contributed by atoms with Crippen molar-refractivity contribution in [2.45, 2.75) is 79.6 Å². The van der Waals surface area contributed by atoms with Crippen molar-refractivity contribution in [1.29, 1.82) is 0 Å². The van der Waals surface area contributed by atoms with Crippen LogP contribution in [0, 0.1) is 11.8 Å². The number of nitrogens with one attached hydrogen (secondary N) is 1. The molecule has 0 fully saturated rings. The van der Waals surface area contributed by atoms with Crippen molar-refractivity contribution in [2.75, 3.05) is 19.6 Å². The topological polar surface area (TPSA) is 105 Å². The van der Waals surface area contributed by atoms with Gasteiger partial charge >= 0.3 is 6.09 Å². The highest BCUT2D eigenvalue weighted by molar-refractivity contribution is 5.78. The molecule has 0 aliphatic carbocycles. The SMILES string of the molecule is CC(C)C.CC(C)CN(C[C@@H](O)[C@H](Cc1ccccc1)NC(=O)CN)C(=O)OC(C)(C)C. The predicted octanol–water partition coefficient (Wildman–Crippen LogP) is 3.59. The number of nitrogens with zero attached hydrogens (tertiary/aromatic N) is 1. The van der Waals surface area contributed by atoms with E-state index in [9.17, 15) is 14.7 Å². The molecule has 4 N–H and O–H groups in total. The summed E-state index contributed by atoms with van der Waals surface area (Å²) < 4.78 is 5.47. The predicted molar refractivity (Wildman–Crippen MR) is 130 cm³/mol. The Labute approximate surface area is 194 Å². The average molecular weight is 452 g/mol. The van der Waals surface area contributed by atoms with Gasteiger partial charge in [0.25, 0.3) is 0 Å². The van der Waals surface area contributed by atoms with Gasteiger partial charge in [0, 0.05) is 6.54 Å². The van der Waals surface area contributed by atoms with Gasteiger partial charge in [0.15, 0.2) is 0 Å². The molecule has 0 saturated carbocycles. The lowest BCUT2D eigenvalue weighted by Crippen LogP contribution is -2.52. The molecule has 0 aliphatic heterocycles. The first-order valence-electron chi connectivity index (χ1n) is 11.4. The van der Waals surface area contributed by atoms with Gasteiger partial charge in [-0.3, -0.25) is 4.79 Å². The van der Waals surface area contributed by atoms with Crippen LogP contribution in [0.5, 0.6) is 0 Å². The Morgan fingerprint density at radius 2 is 1.59 bits per heavy atom. The molecule has 1 aromatic rings. The lowest BCUT2D eigenvalue weighted by Gasteiger charge is -2.32. The Morgan fingerprint density at radius 1 is 1.06 bits per heavy atom. The van der Waals surface area contributed by atoms with Crippen molar-refractivity contribution < 1.29 is 19.4 Å². The molecule has 7 nitrogen and oxygen atoms in total. The highest BCUT2D eigenvalue weighted by Gasteiger charge is 2.29. The second kappa shape index (κ2) is 14.9. The monoisotopic (exact) mass is 451 g/mol. The number of aliphatic hydroxyl groups excluding tert-OH is 1. The second-order valence-electron chi connectivity index (χ2n) is 10.1. The van der Waals surface area contributed by atoms with Crippen molar-refractivity contribution >= 4 is 12.0 Å². The molecule has 0 aromatic heterocycles. The number of hydrogen-bond acceptors (Lipinski definition) is 5. The fraction of sp³-hybridized carbons (Fsp3) is 0.680. The van der Waals surface area contributed by atoms with Crippen LogP contribution in [-0.2, 0) is 16.0 Å². The molecular weight excluding hydrogens is 406 g/mol. The summed E-state index contributed by atoms with van der Waals surface area (Å²) in [5.74, 6) is 0.679. The Balaban J connectivity index is 0.00000220. The number of carbonyl (C=O) groups is 2. The standard InChI is InChI=1S/C21H35N3O4.C4H10/c1-15(2)13-24(20(27)28-21(3,4)5)14-18(25)17(23-19(26)12-22)11-16-9-7-6-8-10-16;1-4(2)3/h6-10,15,17-18,25H,11-14,22H2,1-5H3,(H,23,26);4H,1-3H3/t17-,18+;/m0./s1. The maximum absolute atomic E-state index is 12.6. The molecular formula is C25H45N3O4. The number of ether oxygens (including phenoxy) is 1. The maximum atomic E-state index is 12.6. The van der Waals surface area contributed by atoms with Gasteiger partial charge in [-0.25, -0.2) is 4.79 Å². The summed E-state index contributed by atoms with van der Waals surface area (Å²) >= 11 is 0. The van der Waals surface area contributed by atoms with Crippen molar-refractivity contribution in [1.82, 2.24) is 10.2 Å². The Bertz CT molecular complexity index is 654. The molecule has 1 aromatic carbocycles. The molecule has 2 atom stereocenters. The van der Waals surface area contributed by atoms with Crippen LogP contribution in [0.25, 0.3) is 0 Å². The van der Waals surface area contributed by atoms with E-state index in [1.165, 1.54) is 4.90 Å². The summed E-state index contributed by atoms with van der Waals surface area (Å²) in [6.07, 6.45) is -1.02. The van der Waals surface area contributed by atoms with Crippen LogP contribution in [0.4, 0.5) is 4.79 Å². The summed E-state index contributed by atoms with van der Waals surface area (Å²) in [5, 5.41) is 13.6. The molecule has 0 radical (unpaired) electrons. The van der Waals surface area contributed by atoms with Crippen molar-refractivity contribution in [3.05, 3.63) is 35.9 Å². The fourth-order valence-corrected chi connectivity index (χ4v) is 2.76. The Hall–Kier alpha value is -2.12. The molecule has 0 unspecified atom stereocenters. The van der Waals surface area contributed by atoms with Crippen LogP contribution in [0.15, 0.2) is 30.3 Å². The molecule has 1 rings (SSSR count). The van der Waals surface area contributed by atoms with Crippen LogP contribution >= 0.6 is 0 Å². The van der Waals surface area contributed by atoms with Crippen molar-refractivity contribution in [2.24, 2.45) is 17.6 Å². The first-order valence-corrected chi connectivity index (χ1v) is 11.4. The summed E-state index contributed by atoms with van der Waals surface area (Å²) in [4.78, 5) is 25.9.